The predicted molar refractivity (Wildman–Crippen MR) is 216 cm³/mol. The maximum atomic E-state index is 15.4. The summed E-state index contributed by atoms with van der Waals surface area (Å²) in [6, 6.07) is 24.5. The second-order valence-corrected chi connectivity index (χ2v) is 15.8. The highest BCUT2D eigenvalue weighted by Gasteiger charge is 2.70. The van der Waals surface area contributed by atoms with Crippen LogP contribution in [0.1, 0.15) is 42.1 Å². The number of halogens is 1. The van der Waals surface area contributed by atoms with Crippen LogP contribution in [-0.4, -0.2) is 89.8 Å². The maximum absolute atomic E-state index is 15.4. The van der Waals surface area contributed by atoms with Gasteiger partial charge in [0.25, 0.3) is 0 Å². The third-order valence-electron chi connectivity index (χ3n) is 11.9. The van der Waals surface area contributed by atoms with Gasteiger partial charge >= 0.3 is 6.09 Å². The number of anilines is 2. The number of aromatic nitrogens is 1. The van der Waals surface area contributed by atoms with Crippen molar-refractivity contribution in [3.63, 3.8) is 0 Å². The molecule has 13 nitrogen and oxygen atoms in total. The van der Waals surface area contributed by atoms with Crippen LogP contribution in [-0.2, 0) is 27.2 Å². The van der Waals surface area contributed by atoms with E-state index in [2.05, 4.69) is 35.0 Å². The molecule has 1 unspecified atom stereocenters. The second kappa shape index (κ2) is 15.9. The maximum Gasteiger partial charge on any atom is 0.411 e. The van der Waals surface area contributed by atoms with Crippen LogP contribution in [0.25, 0.3) is 22.0 Å². The van der Waals surface area contributed by atoms with E-state index < -0.39 is 23.9 Å². The van der Waals surface area contributed by atoms with Gasteiger partial charge in [-0.3, -0.25) is 14.9 Å². The van der Waals surface area contributed by atoms with Crippen LogP contribution in [0.5, 0.6) is 11.5 Å². The molecule has 0 aliphatic carbocycles. The molecule has 8 rings (SSSR count). The summed E-state index contributed by atoms with van der Waals surface area (Å²) in [6.45, 7) is 0.207. The van der Waals surface area contributed by atoms with Gasteiger partial charge in [-0.25, -0.2) is 9.18 Å². The highest BCUT2D eigenvalue weighted by molar-refractivity contribution is 5.93. The zero-order valence-corrected chi connectivity index (χ0v) is 32.5. The number of piperidine rings is 1. The number of carbonyl (C=O) groups is 2. The van der Waals surface area contributed by atoms with E-state index in [9.17, 15) is 24.6 Å². The number of aliphatic hydroxyl groups is 1. The molecule has 2 amide bonds. The number of aryl methyl sites for hydroxylation is 1. The number of hydrogen-bond donors (Lipinski definition) is 6. The van der Waals surface area contributed by atoms with Crippen molar-refractivity contribution in [3.05, 3.63) is 118 Å². The molecular weight excluding hydrogens is 746 g/mol. The van der Waals surface area contributed by atoms with Crippen molar-refractivity contribution in [1.29, 1.82) is 0 Å². The second-order valence-electron chi connectivity index (χ2n) is 15.8. The van der Waals surface area contributed by atoms with Crippen molar-refractivity contribution in [2.45, 2.75) is 68.7 Å². The predicted octanol–water partition coefficient (Wildman–Crippen LogP) is 5.75. The fourth-order valence-electron chi connectivity index (χ4n) is 8.80. The van der Waals surface area contributed by atoms with Crippen molar-refractivity contribution in [2.24, 2.45) is 0 Å². The van der Waals surface area contributed by atoms with Crippen LogP contribution in [0.3, 0.4) is 0 Å². The fraction of sp³-hybridized carbons (Fsp3) is 0.341. The first-order chi connectivity index (χ1) is 27.9. The number of methoxy groups -OCH3 is 1. The minimum Gasteiger partial charge on any atom is -0.506 e. The number of aliphatic hydroxyl groups excluding tert-OH is 1. The molecule has 3 aliphatic rings. The number of hydrogen-bond acceptors (Lipinski definition) is 9. The van der Waals surface area contributed by atoms with E-state index in [0.29, 0.717) is 46.5 Å². The Labute approximate surface area is 334 Å². The average Bonchev–Trinajstić information content (AvgIpc) is 3.98. The SMILES string of the molecule is COc1cc(NC(=O)CCc2ccc(-c3ccccc3)c(NC(=O)OC3C[C@@H]4[C@H]5O[C@H]5[C@H](C3)[N+]4(C)C)c2)c(F)cc1CNC[C@H](O)c1ccc(O)c2[nH]c(=O)ccc12. The van der Waals surface area contributed by atoms with Crippen molar-refractivity contribution in [2.75, 3.05) is 38.4 Å². The van der Waals surface area contributed by atoms with Crippen LogP contribution in [0.2, 0.25) is 0 Å². The number of nitrogens with one attached hydrogen (secondary N) is 4. The molecule has 1 aromatic heterocycles. The van der Waals surface area contributed by atoms with Gasteiger partial charge in [-0.1, -0.05) is 48.5 Å². The van der Waals surface area contributed by atoms with Gasteiger partial charge in [-0.15, -0.1) is 0 Å². The number of likely N-dealkylation sites (N-methyl/N-ethyl adjacent to an activating group) is 1. The number of benzene rings is 4. The highest BCUT2D eigenvalue weighted by Crippen LogP contribution is 2.51. The summed E-state index contributed by atoms with van der Waals surface area (Å²) in [5.74, 6) is -0.845. The quantitative estimate of drug-likeness (QED) is 0.0641. The Balaban J connectivity index is 0.884. The van der Waals surface area contributed by atoms with Crippen molar-refractivity contribution >= 4 is 34.3 Å². The minimum atomic E-state index is -1.01. The topological polar surface area (TPSA) is 175 Å². The fourth-order valence-corrected chi connectivity index (χ4v) is 8.80. The van der Waals surface area contributed by atoms with E-state index in [1.807, 2.05) is 48.5 Å². The molecule has 2 bridgehead atoms. The molecule has 6 N–H and O–H groups in total. The number of epoxide rings is 1. The first-order valence-corrected chi connectivity index (χ1v) is 19.4. The number of nitrogens with zero attached hydrogens (tertiary/aromatic N) is 1. The Morgan fingerprint density at radius 2 is 1.72 bits per heavy atom. The molecule has 3 saturated heterocycles. The molecule has 58 heavy (non-hydrogen) atoms. The van der Waals surface area contributed by atoms with Gasteiger partial charge in [-0.2, -0.15) is 0 Å². The Hall–Kier alpha value is -5.80. The number of rotatable bonds is 13. The Morgan fingerprint density at radius 1 is 0.966 bits per heavy atom. The molecule has 302 valence electrons. The average molecular weight is 793 g/mol. The molecule has 4 heterocycles. The summed E-state index contributed by atoms with van der Waals surface area (Å²) in [6.07, 6.45) is 0.627. The first kappa shape index (κ1) is 39.0. The Morgan fingerprint density at radius 3 is 2.47 bits per heavy atom. The van der Waals surface area contributed by atoms with Crippen LogP contribution < -0.4 is 26.2 Å². The Bertz CT molecular complexity index is 2400. The van der Waals surface area contributed by atoms with E-state index in [0.717, 1.165) is 34.0 Å². The number of quaternary nitrogens is 1. The number of phenols is 1. The van der Waals surface area contributed by atoms with Crippen LogP contribution in [0.15, 0.2) is 89.7 Å². The van der Waals surface area contributed by atoms with Gasteiger partial charge in [0.05, 0.1) is 44.2 Å². The molecule has 0 radical (unpaired) electrons. The molecule has 3 aliphatic heterocycles. The summed E-state index contributed by atoms with van der Waals surface area (Å²) in [5.41, 5.74) is 3.85. The summed E-state index contributed by atoms with van der Waals surface area (Å²) in [7, 11) is 5.90. The number of morpholine rings is 1. The number of ether oxygens (including phenoxy) is 3. The van der Waals surface area contributed by atoms with Crippen LogP contribution >= 0.6 is 0 Å². The van der Waals surface area contributed by atoms with E-state index >= 15 is 4.39 Å². The number of aromatic amines is 1. The number of pyridine rings is 1. The van der Waals surface area contributed by atoms with Gasteiger partial charge in [0.2, 0.25) is 11.5 Å². The van der Waals surface area contributed by atoms with Crippen molar-refractivity contribution < 1.29 is 42.9 Å². The number of amides is 2. The number of carbonyl (C=O) groups excluding carboxylic acids is 2. The monoisotopic (exact) mass is 792 g/mol. The van der Waals surface area contributed by atoms with Gasteiger partial charge < -0.3 is 44.5 Å². The van der Waals surface area contributed by atoms with Crippen molar-refractivity contribution in [1.82, 2.24) is 10.3 Å². The van der Waals surface area contributed by atoms with Crippen molar-refractivity contribution in [3.8, 4) is 22.6 Å². The highest BCUT2D eigenvalue weighted by atomic mass is 19.1. The molecule has 6 atom stereocenters. The lowest BCUT2D eigenvalue weighted by molar-refractivity contribution is -0.938. The minimum absolute atomic E-state index is 0.0399. The van der Waals surface area contributed by atoms with Gasteiger partial charge in [0.15, 0.2) is 0 Å². The summed E-state index contributed by atoms with van der Waals surface area (Å²) < 4.78 is 33.7. The van der Waals surface area contributed by atoms with Gasteiger partial charge in [0, 0.05) is 61.0 Å². The van der Waals surface area contributed by atoms with E-state index in [-0.39, 0.29) is 60.3 Å². The molecular formula is C44H47FN5O8+. The lowest BCUT2D eigenvalue weighted by Gasteiger charge is -2.45. The summed E-state index contributed by atoms with van der Waals surface area (Å²) >= 11 is 0. The number of H-pyrrole nitrogens is 1. The summed E-state index contributed by atoms with van der Waals surface area (Å²) in [5, 5.41) is 30.3. The molecule has 4 aromatic carbocycles. The molecule has 14 heteroatoms. The first-order valence-electron chi connectivity index (χ1n) is 19.4. The third kappa shape index (κ3) is 7.88. The zero-order valence-electron chi connectivity index (χ0n) is 32.5. The van der Waals surface area contributed by atoms with Crippen LogP contribution in [0.4, 0.5) is 20.6 Å². The van der Waals surface area contributed by atoms with Gasteiger partial charge in [0.1, 0.15) is 47.7 Å². The molecule has 0 saturated carbocycles. The molecule has 0 spiro atoms. The number of aromatic hydroxyl groups is 1. The normalized spacial score (nSPS) is 21.8. The zero-order chi connectivity index (χ0) is 40.7. The van der Waals surface area contributed by atoms with E-state index in [1.54, 1.807) is 6.07 Å². The third-order valence-corrected chi connectivity index (χ3v) is 11.9. The number of fused-ring (bicyclic) bond motifs is 6. The number of phenolic OH excluding ortho intramolecular Hbond substituents is 1. The van der Waals surface area contributed by atoms with E-state index in [4.69, 9.17) is 14.2 Å². The van der Waals surface area contributed by atoms with Gasteiger partial charge in [-0.05, 0) is 47.4 Å². The lowest BCUT2D eigenvalue weighted by Crippen LogP contribution is -2.60. The standard InChI is InChI=1S/C44H46FN5O8/c1-50(2)34-19-27(20-35(50)43-42(34)58-43)57-44(55)48-32-17-24(9-11-28(32)25-7-5-4-6-8-25)10-15-39(53)47-33-21-38(56-3)26(18-31(33)45)22-46-23-37(52)29-12-14-36(51)41-30(29)13-16-40(54)49-41/h4-9,11-14,16-18,21,27,34-35,37,42-43,46,52H,10,15,19-20,22-23H2,1-3H3,(H3-,47,48,49,51,53,54,55)/p+1/t27?,34-,35+,37-,42-,43+/m0/s1. The summed E-state index contributed by atoms with van der Waals surface area (Å²) in [4.78, 5) is 40.8. The molecule has 3 fully saturated rings. The van der Waals surface area contributed by atoms with E-state index in [1.165, 1.54) is 37.4 Å². The smallest absolute Gasteiger partial charge is 0.411 e. The largest absolute Gasteiger partial charge is 0.506 e. The molecule has 5 aromatic rings. The lowest BCUT2D eigenvalue weighted by atomic mass is 9.96. The van der Waals surface area contributed by atoms with Crippen LogP contribution in [0, 0.1) is 5.82 Å². The Kier molecular flexibility index (Phi) is 10.7.